The lowest BCUT2D eigenvalue weighted by molar-refractivity contribution is -0.473. The van der Waals surface area contributed by atoms with Crippen molar-refractivity contribution in [1.29, 1.82) is 0 Å². The van der Waals surface area contributed by atoms with Gasteiger partial charge in [0.05, 0.1) is 0 Å². The van der Waals surface area contributed by atoms with Crippen molar-refractivity contribution in [1.82, 2.24) is 0 Å². The van der Waals surface area contributed by atoms with Crippen LogP contribution in [0.3, 0.4) is 0 Å². The molecule has 0 atom stereocenters. The maximum absolute atomic E-state index is 10.5. The van der Waals surface area contributed by atoms with E-state index >= 15 is 0 Å². The first-order valence-electron chi connectivity index (χ1n) is 2.72. The highest BCUT2D eigenvalue weighted by atomic mass is 32.1. The summed E-state index contributed by atoms with van der Waals surface area (Å²) in [7, 11) is 0. The lowest BCUT2D eigenvalue weighted by Crippen LogP contribution is -1.88. The molecule has 4 nitrogen and oxygen atoms in total. The molecular weight excluding hydrogens is 164 g/mol. The first kappa shape index (κ1) is 9.77. The first-order valence-corrected chi connectivity index (χ1v) is 2.72. The first-order chi connectivity index (χ1) is 4.84. The Kier molecular flexibility index (Phi) is 4.05. The van der Waals surface area contributed by atoms with Crippen LogP contribution < -0.4 is 0 Å². The molecule has 0 spiro atoms. The van der Waals surface area contributed by atoms with E-state index in [1.165, 1.54) is 0 Å². The molecule has 0 radical (unpaired) electrons. The van der Waals surface area contributed by atoms with Gasteiger partial charge < -0.3 is 10.4 Å². The molecule has 5 heteroatoms. The van der Waals surface area contributed by atoms with Gasteiger partial charge in [-0.1, -0.05) is 18.2 Å². The standard InChI is InChI=1S/C6H6N2O2.H2S/c9-7-8(10)6-4-2-1-3-5-6;/h1-5,9H;1H2. The fraction of sp³-hybridized carbons (Fsp3) is 0. The molecule has 0 aliphatic rings. The van der Waals surface area contributed by atoms with Gasteiger partial charge in [-0.3, -0.25) is 0 Å². The molecular formula is C6H8N2O2S. The second kappa shape index (κ2) is 4.56. The molecule has 0 aliphatic heterocycles. The van der Waals surface area contributed by atoms with Crippen LogP contribution in [0.4, 0.5) is 5.69 Å². The molecule has 0 saturated heterocycles. The number of para-hydroxylation sites is 1. The Hall–Kier alpha value is -1.23. The predicted octanol–water partition coefficient (Wildman–Crippen LogP) is 1.78. The normalized spacial score (nSPS) is 10.4. The average molecular weight is 172 g/mol. The third-order valence-electron chi connectivity index (χ3n) is 1.06. The minimum Gasteiger partial charge on any atom is -0.592 e. The molecule has 60 valence electrons. The number of benzene rings is 1. The van der Waals surface area contributed by atoms with Crippen LogP contribution in [0.5, 0.6) is 0 Å². The molecule has 0 aliphatic carbocycles. The van der Waals surface area contributed by atoms with Crippen molar-refractivity contribution in [3.05, 3.63) is 35.5 Å². The van der Waals surface area contributed by atoms with E-state index in [1.807, 2.05) is 0 Å². The highest BCUT2D eigenvalue weighted by molar-refractivity contribution is 7.59. The van der Waals surface area contributed by atoms with Crippen LogP contribution in [0.25, 0.3) is 0 Å². The van der Waals surface area contributed by atoms with Gasteiger partial charge in [0.1, 0.15) is 0 Å². The Morgan fingerprint density at radius 2 is 1.82 bits per heavy atom. The van der Waals surface area contributed by atoms with Gasteiger partial charge >= 0.3 is 0 Å². The largest absolute Gasteiger partial charge is 0.592 e. The Morgan fingerprint density at radius 3 is 2.27 bits per heavy atom. The summed E-state index contributed by atoms with van der Waals surface area (Å²) in [6.07, 6.45) is 0. The molecule has 1 aromatic carbocycles. The maximum Gasteiger partial charge on any atom is 0.248 e. The van der Waals surface area contributed by atoms with Crippen LogP contribution in [-0.4, -0.2) is 10.1 Å². The minimum atomic E-state index is 0. The second-order valence-electron chi connectivity index (χ2n) is 1.70. The molecule has 0 bridgehead atoms. The number of hydrogen-bond donors (Lipinski definition) is 1. The van der Waals surface area contributed by atoms with Crippen LogP contribution in [0, 0.1) is 5.21 Å². The Balaban J connectivity index is 0.000001000. The van der Waals surface area contributed by atoms with E-state index in [-0.39, 0.29) is 18.4 Å². The van der Waals surface area contributed by atoms with Gasteiger partial charge in [-0.2, -0.15) is 13.5 Å². The predicted molar refractivity (Wildman–Crippen MR) is 44.3 cm³/mol. The van der Waals surface area contributed by atoms with Gasteiger partial charge in [-0.05, 0) is 4.86 Å². The average Bonchev–Trinajstić information content (AvgIpc) is 2.05. The van der Waals surface area contributed by atoms with E-state index in [0.717, 1.165) is 0 Å². The zero-order valence-corrected chi connectivity index (χ0v) is 6.64. The number of rotatable bonds is 1. The highest BCUT2D eigenvalue weighted by Crippen LogP contribution is 2.08. The summed E-state index contributed by atoms with van der Waals surface area (Å²) in [6, 6.07) is 8.24. The molecule has 0 aromatic heterocycles. The second-order valence-corrected chi connectivity index (χ2v) is 1.70. The molecule has 1 rings (SSSR count). The lowest BCUT2D eigenvalue weighted by Gasteiger charge is -1.93. The fourth-order valence-corrected chi connectivity index (χ4v) is 0.607. The van der Waals surface area contributed by atoms with Crippen molar-refractivity contribution in [2.75, 3.05) is 0 Å². The SMILES string of the molecule is S.[O-][N+](=NO)c1ccccc1. The molecule has 1 aromatic rings. The summed E-state index contributed by atoms with van der Waals surface area (Å²) in [4.78, 5) is 0.139. The zero-order valence-electron chi connectivity index (χ0n) is 5.64. The van der Waals surface area contributed by atoms with Crippen LogP contribution in [0.2, 0.25) is 0 Å². The van der Waals surface area contributed by atoms with Gasteiger partial charge in [0.25, 0.3) is 0 Å². The van der Waals surface area contributed by atoms with E-state index in [1.54, 1.807) is 30.3 Å². The highest BCUT2D eigenvalue weighted by Gasteiger charge is 1.98. The number of hydrogen-bond acceptors (Lipinski definition) is 2. The van der Waals surface area contributed by atoms with E-state index in [2.05, 4.69) is 5.28 Å². The van der Waals surface area contributed by atoms with Gasteiger partial charge in [0, 0.05) is 12.1 Å². The molecule has 0 fully saturated rings. The fourth-order valence-electron chi connectivity index (χ4n) is 0.607. The van der Waals surface area contributed by atoms with Crippen LogP contribution in [-0.2, 0) is 0 Å². The maximum atomic E-state index is 10.5. The third kappa shape index (κ3) is 2.46. The summed E-state index contributed by atoms with van der Waals surface area (Å²) >= 11 is 0. The zero-order chi connectivity index (χ0) is 7.40. The van der Waals surface area contributed by atoms with E-state index in [4.69, 9.17) is 5.21 Å². The van der Waals surface area contributed by atoms with Gasteiger partial charge in [0.2, 0.25) is 11.0 Å². The quantitative estimate of drug-likeness (QED) is 0.399. The summed E-state index contributed by atoms with van der Waals surface area (Å²) in [6.45, 7) is 0. The van der Waals surface area contributed by atoms with Crippen molar-refractivity contribution >= 4 is 19.2 Å². The summed E-state index contributed by atoms with van der Waals surface area (Å²) < 4.78 is 0. The van der Waals surface area contributed by atoms with E-state index in [9.17, 15) is 5.21 Å². The van der Waals surface area contributed by atoms with Crippen molar-refractivity contribution in [3.63, 3.8) is 0 Å². The van der Waals surface area contributed by atoms with Crippen LogP contribution >= 0.6 is 13.5 Å². The Bertz CT molecular complexity index is 238. The Morgan fingerprint density at radius 1 is 1.27 bits per heavy atom. The van der Waals surface area contributed by atoms with Gasteiger partial charge in [0.15, 0.2) is 0 Å². The number of nitrogens with zero attached hydrogens (tertiary/aromatic N) is 2. The topological polar surface area (TPSA) is 58.7 Å². The van der Waals surface area contributed by atoms with Gasteiger partial charge in [-0.15, -0.1) is 0 Å². The third-order valence-corrected chi connectivity index (χ3v) is 1.06. The van der Waals surface area contributed by atoms with Crippen molar-refractivity contribution in [2.45, 2.75) is 0 Å². The van der Waals surface area contributed by atoms with Gasteiger partial charge in [-0.25, -0.2) is 0 Å². The van der Waals surface area contributed by atoms with Crippen molar-refractivity contribution < 1.29 is 10.1 Å². The molecule has 11 heavy (non-hydrogen) atoms. The molecule has 0 amide bonds. The van der Waals surface area contributed by atoms with E-state index in [0.29, 0.717) is 5.69 Å². The summed E-state index contributed by atoms with van der Waals surface area (Å²) in [5, 5.41) is 21.0. The van der Waals surface area contributed by atoms with E-state index < -0.39 is 0 Å². The van der Waals surface area contributed by atoms with Crippen LogP contribution in [0.15, 0.2) is 35.6 Å². The monoisotopic (exact) mass is 172 g/mol. The van der Waals surface area contributed by atoms with Crippen LogP contribution in [0.1, 0.15) is 0 Å². The lowest BCUT2D eigenvalue weighted by atomic mass is 10.3. The summed E-state index contributed by atoms with van der Waals surface area (Å²) in [5.41, 5.74) is 0.310. The molecule has 1 N–H and O–H groups in total. The molecule has 0 unspecified atom stereocenters. The molecule has 0 heterocycles. The smallest absolute Gasteiger partial charge is 0.248 e. The minimum absolute atomic E-state index is 0. The summed E-state index contributed by atoms with van der Waals surface area (Å²) in [5.74, 6) is 0. The Labute approximate surface area is 70.8 Å². The van der Waals surface area contributed by atoms with Crippen molar-refractivity contribution in [2.24, 2.45) is 5.28 Å². The van der Waals surface area contributed by atoms with Crippen molar-refractivity contribution in [3.8, 4) is 0 Å². The molecule has 0 saturated carbocycles.